The molecule has 0 amide bonds. The molecular weight excluding hydrogens is 443 g/mol. The number of hydrogen-bond donors (Lipinski definition) is 1. The number of carbonyl (C=O) groups is 1. The summed E-state index contributed by atoms with van der Waals surface area (Å²) in [6.07, 6.45) is 0. The van der Waals surface area contributed by atoms with Crippen LogP contribution in [0.1, 0.15) is 6.92 Å². The maximum absolute atomic E-state index is 13.3. The maximum Gasteiger partial charge on any atom is 0.330 e. The van der Waals surface area contributed by atoms with Gasteiger partial charge in [-0.1, -0.05) is 35.3 Å². The van der Waals surface area contributed by atoms with Gasteiger partial charge in [0.2, 0.25) is 0 Å². The first kappa shape index (κ1) is 20.9. The van der Waals surface area contributed by atoms with Gasteiger partial charge >= 0.3 is 11.7 Å². The standard InChI is InChI=1S/C21H16Cl2N4O4/c1-2-31-16(28)11-26-20(29)17-18(25-21(26)30)24-19(14-5-3-4-6-15(14)23)27(17)13-9-7-12(22)8-10-13/h3-10H,2,11H2,1H3,(H,25,30). The second-order valence-corrected chi connectivity index (χ2v) is 7.39. The second-order valence-electron chi connectivity index (χ2n) is 6.55. The summed E-state index contributed by atoms with van der Waals surface area (Å²) in [6.45, 7) is 1.25. The summed E-state index contributed by atoms with van der Waals surface area (Å²) in [6, 6.07) is 13.8. The number of aromatic nitrogens is 4. The van der Waals surface area contributed by atoms with Crippen molar-refractivity contribution in [2.75, 3.05) is 6.61 Å². The zero-order chi connectivity index (χ0) is 22.1. The van der Waals surface area contributed by atoms with E-state index < -0.39 is 23.8 Å². The summed E-state index contributed by atoms with van der Waals surface area (Å²) in [4.78, 5) is 44.8. The van der Waals surface area contributed by atoms with Gasteiger partial charge in [0.15, 0.2) is 11.2 Å². The molecule has 0 saturated carbocycles. The SMILES string of the molecule is CCOC(=O)Cn1c(=O)[nH]c2nc(-c3ccccc3Cl)n(-c3ccc(Cl)cc3)c2c1=O. The number of ether oxygens (including phenoxy) is 1. The van der Waals surface area contributed by atoms with E-state index in [1.165, 1.54) is 0 Å². The molecule has 2 aromatic carbocycles. The summed E-state index contributed by atoms with van der Waals surface area (Å²) in [5.74, 6) is -0.345. The van der Waals surface area contributed by atoms with Crippen molar-refractivity contribution in [2.45, 2.75) is 13.5 Å². The number of fused-ring (bicyclic) bond motifs is 1. The second kappa shape index (κ2) is 8.41. The van der Waals surface area contributed by atoms with E-state index in [1.807, 2.05) is 0 Å². The van der Waals surface area contributed by atoms with Gasteiger partial charge in [0.05, 0.1) is 11.6 Å². The summed E-state index contributed by atoms with van der Waals surface area (Å²) in [5.41, 5.74) is -0.160. The Labute approximate surface area is 185 Å². The van der Waals surface area contributed by atoms with Crippen LogP contribution in [0.5, 0.6) is 0 Å². The smallest absolute Gasteiger partial charge is 0.330 e. The van der Waals surface area contributed by atoms with Crippen molar-refractivity contribution in [3.63, 3.8) is 0 Å². The average Bonchev–Trinajstić information content (AvgIpc) is 3.11. The predicted molar refractivity (Wildman–Crippen MR) is 118 cm³/mol. The minimum atomic E-state index is -0.767. The van der Waals surface area contributed by atoms with Crippen LogP contribution < -0.4 is 11.2 Å². The molecule has 2 aromatic heterocycles. The van der Waals surface area contributed by atoms with Gasteiger partial charge in [-0.25, -0.2) is 14.3 Å². The number of aromatic amines is 1. The third-order valence-electron chi connectivity index (χ3n) is 4.59. The van der Waals surface area contributed by atoms with Crippen LogP contribution in [0.4, 0.5) is 0 Å². The van der Waals surface area contributed by atoms with Crippen LogP contribution in [0.15, 0.2) is 58.1 Å². The van der Waals surface area contributed by atoms with Crippen molar-refractivity contribution in [1.82, 2.24) is 19.1 Å². The van der Waals surface area contributed by atoms with Gasteiger partial charge in [0.25, 0.3) is 5.56 Å². The summed E-state index contributed by atoms with van der Waals surface area (Å²) in [7, 11) is 0. The number of carbonyl (C=O) groups excluding carboxylic acids is 1. The highest BCUT2D eigenvalue weighted by molar-refractivity contribution is 6.33. The molecule has 8 nitrogen and oxygen atoms in total. The minimum absolute atomic E-state index is 0.0694. The lowest BCUT2D eigenvalue weighted by molar-refractivity contribution is -0.143. The van der Waals surface area contributed by atoms with Crippen molar-refractivity contribution in [3.05, 3.63) is 79.4 Å². The number of imidazole rings is 1. The van der Waals surface area contributed by atoms with E-state index in [9.17, 15) is 14.4 Å². The molecule has 0 aliphatic carbocycles. The quantitative estimate of drug-likeness (QED) is 0.462. The molecule has 158 valence electrons. The van der Waals surface area contributed by atoms with Crippen molar-refractivity contribution in [1.29, 1.82) is 0 Å². The monoisotopic (exact) mass is 458 g/mol. The first-order valence-corrected chi connectivity index (χ1v) is 10.1. The van der Waals surface area contributed by atoms with Crippen LogP contribution in [0, 0.1) is 0 Å². The molecule has 0 atom stereocenters. The molecule has 0 aliphatic rings. The van der Waals surface area contributed by atoms with Crippen LogP contribution in [0.2, 0.25) is 10.0 Å². The Bertz CT molecular complexity index is 1400. The summed E-state index contributed by atoms with van der Waals surface area (Å²) < 4.78 is 7.24. The molecule has 4 rings (SSSR count). The molecule has 31 heavy (non-hydrogen) atoms. The highest BCUT2D eigenvalue weighted by Gasteiger charge is 2.22. The minimum Gasteiger partial charge on any atom is -0.465 e. The Hall–Kier alpha value is -3.36. The zero-order valence-corrected chi connectivity index (χ0v) is 17.8. The largest absolute Gasteiger partial charge is 0.465 e. The van der Waals surface area contributed by atoms with Gasteiger partial charge in [-0.15, -0.1) is 0 Å². The highest BCUT2D eigenvalue weighted by atomic mass is 35.5. The van der Waals surface area contributed by atoms with E-state index in [2.05, 4.69) is 9.97 Å². The van der Waals surface area contributed by atoms with Gasteiger partial charge in [-0.05, 0) is 43.3 Å². The van der Waals surface area contributed by atoms with Crippen LogP contribution in [0.3, 0.4) is 0 Å². The average molecular weight is 459 g/mol. The highest BCUT2D eigenvalue weighted by Crippen LogP contribution is 2.31. The van der Waals surface area contributed by atoms with E-state index in [-0.39, 0.29) is 17.8 Å². The molecule has 4 aromatic rings. The van der Waals surface area contributed by atoms with Crippen LogP contribution in [-0.2, 0) is 16.1 Å². The molecule has 0 saturated heterocycles. The predicted octanol–water partition coefficient (Wildman–Crippen LogP) is 3.41. The van der Waals surface area contributed by atoms with Gasteiger partial charge in [0.1, 0.15) is 12.4 Å². The van der Waals surface area contributed by atoms with Crippen molar-refractivity contribution < 1.29 is 9.53 Å². The van der Waals surface area contributed by atoms with Crippen molar-refractivity contribution >= 4 is 40.3 Å². The molecule has 0 aliphatic heterocycles. The number of rotatable bonds is 5. The molecule has 0 radical (unpaired) electrons. The number of halogens is 2. The van der Waals surface area contributed by atoms with Crippen molar-refractivity contribution in [3.8, 4) is 17.1 Å². The Balaban J connectivity index is 2.06. The fraction of sp³-hybridized carbons (Fsp3) is 0.143. The fourth-order valence-electron chi connectivity index (χ4n) is 3.24. The zero-order valence-electron chi connectivity index (χ0n) is 16.3. The lowest BCUT2D eigenvalue weighted by Gasteiger charge is -2.11. The maximum atomic E-state index is 13.3. The van der Waals surface area contributed by atoms with Crippen LogP contribution >= 0.6 is 23.2 Å². The molecule has 0 spiro atoms. The van der Waals surface area contributed by atoms with E-state index in [0.29, 0.717) is 27.1 Å². The summed E-state index contributed by atoms with van der Waals surface area (Å²) in [5, 5.41) is 0.933. The third-order valence-corrected chi connectivity index (χ3v) is 5.17. The number of esters is 1. The van der Waals surface area contributed by atoms with Gasteiger partial charge in [-0.2, -0.15) is 0 Å². The molecular formula is C21H16Cl2N4O4. The van der Waals surface area contributed by atoms with E-state index in [0.717, 1.165) is 4.57 Å². The van der Waals surface area contributed by atoms with E-state index in [1.54, 1.807) is 60.0 Å². The number of nitrogens with one attached hydrogen (secondary N) is 1. The Kier molecular flexibility index (Phi) is 5.67. The molecule has 1 N–H and O–H groups in total. The molecule has 0 bridgehead atoms. The first-order chi connectivity index (χ1) is 14.9. The Morgan fingerprint density at radius 1 is 1.10 bits per heavy atom. The van der Waals surface area contributed by atoms with Gasteiger partial charge in [0, 0.05) is 16.3 Å². The lowest BCUT2D eigenvalue weighted by Crippen LogP contribution is -2.38. The van der Waals surface area contributed by atoms with Gasteiger partial charge in [-0.3, -0.25) is 19.1 Å². The Morgan fingerprint density at radius 3 is 2.48 bits per heavy atom. The number of nitrogens with zero attached hydrogens (tertiary/aromatic N) is 3. The molecule has 0 unspecified atom stereocenters. The summed E-state index contributed by atoms with van der Waals surface area (Å²) >= 11 is 12.4. The number of benzene rings is 2. The molecule has 2 heterocycles. The Morgan fingerprint density at radius 2 is 1.81 bits per heavy atom. The van der Waals surface area contributed by atoms with Gasteiger partial charge < -0.3 is 4.74 Å². The van der Waals surface area contributed by atoms with Crippen LogP contribution in [0.25, 0.3) is 28.2 Å². The first-order valence-electron chi connectivity index (χ1n) is 9.32. The van der Waals surface area contributed by atoms with E-state index in [4.69, 9.17) is 27.9 Å². The number of H-pyrrole nitrogens is 1. The molecule has 10 heteroatoms. The number of hydrogen-bond acceptors (Lipinski definition) is 5. The normalized spacial score (nSPS) is 11.1. The topological polar surface area (TPSA) is 99.0 Å². The van der Waals surface area contributed by atoms with Crippen LogP contribution in [-0.4, -0.2) is 31.7 Å². The van der Waals surface area contributed by atoms with E-state index >= 15 is 0 Å². The molecule has 0 fully saturated rings. The third kappa shape index (κ3) is 3.87. The van der Waals surface area contributed by atoms with Crippen molar-refractivity contribution in [2.24, 2.45) is 0 Å². The fourth-order valence-corrected chi connectivity index (χ4v) is 3.58. The lowest BCUT2D eigenvalue weighted by atomic mass is 10.2.